The van der Waals surface area contributed by atoms with E-state index in [1.54, 1.807) is 29.0 Å². The van der Waals surface area contributed by atoms with Crippen LogP contribution in [0.1, 0.15) is 17.3 Å². The van der Waals surface area contributed by atoms with Crippen LogP contribution in [-0.4, -0.2) is 20.7 Å². The van der Waals surface area contributed by atoms with Gasteiger partial charge in [0.25, 0.3) is 0 Å². The van der Waals surface area contributed by atoms with Crippen LogP contribution >= 0.6 is 0 Å². The second-order valence-corrected chi connectivity index (χ2v) is 3.31. The summed E-state index contributed by atoms with van der Waals surface area (Å²) >= 11 is 0. The van der Waals surface area contributed by atoms with Gasteiger partial charge < -0.3 is 14.8 Å². The number of aromatic nitrogens is 1. The van der Waals surface area contributed by atoms with Crippen LogP contribution in [0.25, 0.3) is 10.9 Å². The van der Waals surface area contributed by atoms with E-state index in [4.69, 9.17) is 5.11 Å². The van der Waals surface area contributed by atoms with Gasteiger partial charge in [0.2, 0.25) is 0 Å². The van der Waals surface area contributed by atoms with Gasteiger partial charge in [-0.25, -0.2) is 4.79 Å². The summed E-state index contributed by atoms with van der Waals surface area (Å²) in [4.78, 5) is 11.0. The van der Waals surface area contributed by atoms with Crippen molar-refractivity contribution in [2.24, 2.45) is 0 Å². The lowest BCUT2D eigenvalue weighted by Gasteiger charge is -2.01. The number of aryl methyl sites for hydroxylation is 1. The van der Waals surface area contributed by atoms with Crippen molar-refractivity contribution in [3.8, 4) is 5.75 Å². The average Bonchev–Trinajstić information content (AvgIpc) is 2.58. The SMILES string of the molecule is CCn1cc(C(=O)O)c2cccc(O)c21. The summed E-state index contributed by atoms with van der Waals surface area (Å²) in [6.45, 7) is 2.53. The maximum absolute atomic E-state index is 11.0. The first-order chi connectivity index (χ1) is 7.15. The van der Waals surface area contributed by atoms with Crippen LogP contribution < -0.4 is 0 Å². The number of carbonyl (C=O) groups is 1. The van der Waals surface area contributed by atoms with E-state index in [1.807, 2.05) is 6.92 Å². The Balaban J connectivity index is 2.87. The second-order valence-electron chi connectivity index (χ2n) is 3.31. The number of rotatable bonds is 2. The first-order valence-electron chi connectivity index (χ1n) is 4.69. The first-order valence-corrected chi connectivity index (χ1v) is 4.69. The van der Waals surface area contributed by atoms with E-state index in [2.05, 4.69) is 0 Å². The van der Waals surface area contributed by atoms with Gasteiger partial charge >= 0.3 is 5.97 Å². The van der Waals surface area contributed by atoms with Crippen molar-refractivity contribution in [1.29, 1.82) is 0 Å². The number of phenolic OH excluding ortho intramolecular Hbond substituents is 1. The summed E-state index contributed by atoms with van der Waals surface area (Å²) in [5.74, 6) is -0.861. The van der Waals surface area contributed by atoms with Crippen LogP contribution in [0.3, 0.4) is 0 Å². The summed E-state index contributed by atoms with van der Waals surface area (Å²) in [6.07, 6.45) is 1.55. The fourth-order valence-electron chi connectivity index (χ4n) is 1.76. The summed E-state index contributed by atoms with van der Waals surface area (Å²) in [5, 5.41) is 19.2. The molecule has 0 aliphatic rings. The Labute approximate surface area is 86.4 Å². The number of nitrogens with zero attached hydrogens (tertiary/aromatic N) is 1. The number of phenols is 1. The summed E-state index contributed by atoms with van der Waals surface area (Å²) < 4.78 is 1.73. The minimum atomic E-state index is -0.974. The largest absolute Gasteiger partial charge is 0.506 e. The first kappa shape index (κ1) is 9.58. The Kier molecular flexibility index (Phi) is 2.11. The molecule has 1 aromatic carbocycles. The number of hydrogen-bond acceptors (Lipinski definition) is 2. The molecule has 2 rings (SSSR count). The Morgan fingerprint density at radius 2 is 2.20 bits per heavy atom. The van der Waals surface area contributed by atoms with Crippen LogP contribution in [0.15, 0.2) is 24.4 Å². The molecule has 0 spiro atoms. The normalized spacial score (nSPS) is 10.7. The zero-order chi connectivity index (χ0) is 11.0. The summed E-state index contributed by atoms with van der Waals surface area (Å²) in [7, 11) is 0. The van der Waals surface area contributed by atoms with E-state index in [-0.39, 0.29) is 11.3 Å². The summed E-state index contributed by atoms with van der Waals surface area (Å²) in [6, 6.07) is 4.90. The predicted molar refractivity (Wildman–Crippen MR) is 56.2 cm³/mol. The third-order valence-electron chi connectivity index (χ3n) is 2.45. The molecule has 0 aliphatic carbocycles. The Hall–Kier alpha value is -1.97. The minimum Gasteiger partial charge on any atom is -0.506 e. The van der Waals surface area contributed by atoms with E-state index < -0.39 is 5.97 Å². The van der Waals surface area contributed by atoms with Crippen molar-refractivity contribution in [3.63, 3.8) is 0 Å². The lowest BCUT2D eigenvalue weighted by atomic mass is 10.1. The van der Waals surface area contributed by atoms with E-state index in [0.717, 1.165) is 0 Å². The highest BCUT2D eigenvalue weighted by atomic mass is 16.4. The van der Waals surface area contributed by atoms with Crippen molar-refractivity contribution < 1.29 is 15.0 Å². The number of carboxylic acid groups (broad SMARTS) is 1. The van der Waals surface area contributed by atoms with E-state index in [9.17, 15) is 9.90 Å². The second kappa shape index (κ2) is 3.31. The molecule has 0 aliphatic heterocycles. The monoisotopic (exact) mass is 205 g/mol. The van der Waals surface area contributed by atoms with Crippen LogP contribution in [0.5, 0.6) is 5.75 Å². The third-order valence-corrected chi connectivity index (χ3v) is 2.45. The molecule has 0 saturated heterocycles. The Bertz CT molecular complexity index is 528. The molecule has 0 amide bonds. The number of carboxylic acids is 1. The van der Waals surface area contributed by atoms with Gasteiger partial charge in [-0.1, -0.05) is 12.1 Å². The molecule has 1 heterocycles. The minimum absolute atomic E-state index is 0.113. The molecule has 2 aromatic rings. The zero-order valence-corrected chi connectivity index (χ0v) is 8.27. The number of hydrogen-bond donors (Lipinski definition) is 2. The lowest BCUT2D eigenvalue weighted by molar-refractivity contribution is 0.0699. The van der Waals surface area contributed by atoms with Gasteiger partial charge in [0.05, 0.1) is 11.1 Å². The van der Waals surface area contributed by atoms with Crippen molar-refractivity contribution >= 4 is 16.9 Å². The molecule has 4 heteroatoms. The van der Waals surface area contributed by atoms with Crippen LogP contribution in [-0.2, 0) is 6.54 Å². The predicted octanol–water partition coefficient (Wildman–Crippen LogP) is 2.06. The van der Waals surface area contributed by atoms with Crippen LogP contribution in [0.2, 0.25) is 0 Å². The molecular formula is C11H11NO3. The van der Waals surface area contributed by atoms with E-state index in [0.29, 0.717) is 17.4 Å². The molecule has 0 atom stereocenters. The van der Waals surface area contributed by atoms with Gasteiger partial charge in [-0.15, -0.1) is 0 Å². The zero-order valence-electron chi connectivity index (χ0n) is 8.27. The van der Waals surface area contributed by atoms with Gasteiger partial charge in [0, 0.05) is 18.1 Å². The fourth-order valence-corrected chi connectivity index (χ4v) is 1.76. The maximum atomic E-state index is 11.0. The number of aromatic hydroxyl groups is 1. The highest BCUT2D eigenvalue weighted by Gasteiger charge is 2.15. The van der Waals surface area contributed by atoms with Crippen molar-refractivity contribution in [3.05, 3.63) is 30.0 Å². The molecule has 78 valence electrons. The number of fused-ring (bicyclic) bond motifs is 1. The van der Waals surface area contributed by atoms with Crippen LogP contribution in [0, 0.1) is 0 Å². The highest BCUT2D eigenvalue weighted by molar-refractivity contribution is 6.05. The van der Waals surface area contributed by atoms with Crippen molar-refractivity contribution in [2.75, 3.05) is 0 Å². The molecule has 0 unspecified atom stereocenters. The quantitative estimate of drug-likeness (QED) is 0.788. The Morgan fingerprint density at radius 1 is 1.47 bits per heavy atom. The standard InChI is InChI=1S/C11H11NO3/c1-2-12-6-8(11(14)15)7-4-3-5-9(13)10(7)12/h3-6,13H,2H2,1H3,(H,14,15). The van der Waals surface area contributed by atoms with Gasteiger partial charge in [0.1, 0.15) is 5.75 Å². The van der Waals surface area contributed by atoms with Crippen LogP contribution in [0.4, 0.5) is 0 Å². The molecule has 0 saturated carbocycles. The van der Waals surface area contributed by atoms with Crippen molar-refractivity contribution in [2.45, 2.75) is 13.5 Å². The smallest absolute Gasteiger partial charge is 0.337 e. The molecule has 15 heavy (non-hydrogen) atoms. The lowest BCUT2D eigenvalue weighted by Crippen LogP contribution is -1.94. The highest BCUT2D eigenvalue weighted by Crippen LogP contribution is 2.28. The molecule has 4 nitrogen and oxygen atoms in total. The average molecular weight is 205 g/mol. The molecular weight excluding hydrogens is 194 g/mol. The van der Waals surface area contributed by atoms with Gasteiger partial charge in [0.15, 0.2) is 0 Å². The molecule has 1 aromatic heterocycles. The van der Waals surface area contributed by atoms with E-state index in [1.165, 1.54) is 0 Å². The Morgan fingerprint density at radius 3 is 2.80 bits per heavy atom. The van der Waals surface area contributed by atoms with Gasteiger partial charge in [-0.3, -0.25) is 0 Å². The molecule has 2 N–H and O–H groups in total. The molecule has 0 radical (unpaired) electrons. The number of para-hydroxylation sites is 1. The van der Waals surface area contributed by atoms with Gasteiger partial charge in [-0.05, 0) is 13.0 Å². The number of aromatic carboxylic acids is 1. The van der Waals surface area contributed by atoms with Gasteiger partial charge in [-0.2, -0.15) is 0 Å². The number of benzene rings is 1. The topological polar surface area (TPSA) is 62.5 Å². The summed E-state index contributed by atoms with van der Waals surface area (Å²) in [5.41, 5.74) is 0.806. The van der Waals surface area contributed by atoms with E-state index >= 15 is 0 Å². The van der Waals surface area contributed by atoms with Crippen molar-refractivity contribution in [1.82, 2.24) is 4.57 Å². The molecule has 0 bridgehead atoms. The third kappa shape index (κ3) is 1.34. The maximum Gasteiger partial charge on any atom is 0.337 e. The fraction of sp³-hybridized carbons (Fsp3) is 0.182. The molecule has 0 fully saturated rings.